The second-order valence-corrected chi connectivity index (χ2v) is 7.05. The van der Waals surface area contributed by atoms with Gasteiger partial charge in [-0.05, 0) is 6.42 Å². The number of halogens is 11. The van der Waals surface area contributed by atoms with E-state index in [9.17, 15) is 53.1 Å². The molecule has 0 radical (unpaired) electrons. The molecular formula is C16H20F11NO3. The molecule has 4 nitrogen and oxygen atoms in total. The third kappa shape index (κ3) is 11.2. The largest absolute Gasteiger partial charge is 0.461 e. The van der Waals surface area contributed by atoms with Crippen molar-refractivity contribution in [3.63, 3.8) is 0 Å². The number of esters is 1. The molecule has 0 aromatic carbocycles. The molecule has 1 fully saturated rings. The van der Waals surface area contributed by atoms with E-state index in [1.54, 1.807) is 0 Å². The summed E-state index contributed by atoms with van der Waals surface area (Å²) in [5, 5.41) is 0. The summed E-state index contributed by atoms with van der Waals surface area (Å²) in [4.78, 5) is 13.2. The number of ether oxygens (including phenoxy) is 2. The highest BCUT2D eigenvalue weighted by atomic mass is 19.4. The number of carbonyl (C=O) groups excluding carboxylic acids is 1. The summed E-state index contributed by atoms with van der Waals surface area (Å²) in [7, 11) is 0. The summed E-state index contributed by atoms with van der Waals surface area (Å²) in [6, 6.07) is 0. The standard InChI is InChI=1S/C16H20F11NO3/c17-13(18,9-14(19,20)21)2-1-10(8-28-3-5-30-6-4-28)31-12(29)7-11(15(22,23)24)16(25,26)27/h10-11H,1-9H2. The molecule has 1 atom stereocenters. The lowest BCUT2D eigenvalue weighted by Crippen LogP contribution is -2.43. The van der Waals surface area contributed by atoms with Gasteiger partial charge in [-0.15, -0.1) is 0 Å². The average molecular weight is 483 g/mol. The van der Waals surface area contributed by atoms with Crippen molar-refractivity contribution in [2.24, 2.45) is 5.92 Å². The van der Waals surface area contributed by atoms with Crippen LogP contribution in [0.3, 0.4) is 0 Å². The zero-order valence-electron chi connectivity index (χ0n) is 15.8. The second-order valence-electron chi connectivity index (χ2n) is 7.05. The monoisotopic (exact) mass is 483 g/mol. The molecule has 31 heavy (non-hydrogen) atoms. The topological polar surface area (TPSA) is 38.8 Å². The molecule has 0 N–H and O–H groups in total. The Labute approximate surface area is 169 Å². The molecule has 0 aromatic rings. The predicted molar refractivity (Wildman–Crippen MR) is 82.2 cm³/mol. The fraction of sp³-hybridized carbons (Fsp3) is 0.938. The van der Waals surface area contributed by atoms with E-state index in [4.69, 9.17) is 4.74 Å². The van der Waals surface area contributed by atoms with Crippen molar-refractivity contribution >= 4 is 5.97 Å². The van der Waals surface area contributed by atoms with Crippen molar-refractivity contribution in [1.29, 1.82) is 0 Å². The first-order valence-corrected chi connectivity index (χ1v) is 8.97. The maximum absolute atomic E-state index is 13.5. The van der Waals surface area contributed by atoms with E-state index in [-0.39, 0.29) is 32.8 Å². The summed E-state index contributed by atoms with van der Waals surface area (Å²) < 4.78 is 149. The smallest absolute Gasteiger partial charge is 0.401 e. The molecule has 184 valence electrons. The van der Waals surface area contributed by atoms with Crippen LogP contribution in [0.25, 0.3) is 0 Å². The van der Waals surface area contributed by atoms with E-state index in [0.29, 0.717) is 0 Å². The molecule has 1 aliphatic heterocycles. The number of hydrogen-bond donors (Lipinski definition) is 0. The van der Waals surface area contributed by atoms with E-state index in [0.717, 1.165) is 0 Å². The van der Waals surface area contributed by atoms with Gasteiger partial charge < -0.3 is 9.47 Å². The summed E-state index contributed by atoms with van der Waals surface area (Å²) >= 11 is 0. The van der Waals surface area contributed by atoms with Gasteiger partial charge in [-0.3, -0.25) is 9.69 Å². The number of alkyl halides is 11. The van der Waals surface area contributed by atoms with Crippen molar-refractivity contribution in [2.75, 3.05) is 32.8 Å². The molecule has 1 saturated heterocycles. The van der Waals surface area contributed by atoms with Gasteiger partial charge in [-0.2, -0.15) is 39.5 Å². The Balaban J connectivity index is 2.84. The third-order valence-corrected chi connectivity index (χ3v) is 4.32. The minimum atomic E-state index is -5.81. The number of morpholine rings is 1. The van der Waals surface area contributed by atoms with Gasteiger partial charge in [-0.1, -0.05) is 0 Å². The van der Waals surface area contributed by atoms with Gasteiger partial charge in [-0.25, -0.2) is 8.78 Å². The predicted octanol–water partition coefficient (Wildman–Crippen LogP) is 4.73. The molecule has 0 amide bonds. The SMILES string of the molecule is O=C(CC(C(F)(F)F)C(F)(F)F)OC(CCC(F)(F)CC(F)(F)F)CN1CCOCC1. The quantitative estimate of drug-likeness (QED) is 0.351. The van der Waals surface area contributed by atoms with Crippen LogP contribution in [0.5, 0.6) is 0 Å². The third-order valence-electron chi connectivity index (χ3n) is 4.32. The molecule has 1 aliphatic rings. The zero-order chi connectivity index (χ0) is 24.1. The normalized spacial score (nSPS) is 18.3. The molecule has 0 bridgehead atoms. The van der Waals surface area contributed by atoms with Gasteiger partial charge in [0, 0.05) is 26.1 Å². The van der Waals surface area contributed by atoms with E-state index < -0.39 is 68.1 Å². The van der Waals surface area contributed by atoms with Gasteiger partial charge in [0.05, 0.1) is 19.6 Å². The second kappa shape index (κ2) is 10.5. The average Bonchev–Trinajstić information content (AvgIpc) is 2.54. The summed E-state index contributed by atoms with van der Waals surface area (Å²) in [6.45, 7) is 0.381. The van der Waals surface area contributed by atoms with E-state index >= 15 is 0 Å². The molecule has 0 saturated carbocycles. The minimum absolute atomic E-state index is 0.176. The van der Waals surface area contributed by atoms with Gasteiger partial charge >= 0.3 is 24.5 Å². The molecular weight excluding hydrogens is 463 g/mol. The Morgan fingerprint density at radius 3 is 1.87 bits per heavy atom. The van der Waals surface area contributed by atoms with E-state index in [2.05, 4.69) is 4.74 Å². The summed E-state index contributed by atoms with van der Waals surface area (Å²) in [5.41, 5.74) is 0. The number of rotatable bonds is 9. The first kappa shape index (κ1) is 27.7. The highest BCUT2D eigenvalue weighted by Crippen LogP contribution is 2.41. The van der Waals surface area contributed by atoms with Crippen molar-refractivity contribution in [3.05, 3.63) is 0 Å². The van der Waals surface area contributed by atoms with Crippen LogP contribution in [0.1, 0.15) is 25.7 Å². The van der Waals surface area contributed by atoms with Crippen molar-refractivity contribution in [2.45, 2.75) is 56.2 Å². The Kier molecular flexibility index (Phi) is 9.36. The van der Waals surface area contributed by atoms with Crippen LogP contribution < -0.4 is 0 Å². The fourth-order valence-electron chi connectivity index (χ4n) is 2.83. The van der Waals surface area contributed by atoms with E-state index in [1.807, 2.05) is 0 Å². The van der Waals surface area contributed by atoms with E-state index in [1.165, 1.54) is 4.90 Å². The number of hydrogen-bond acceptors (Lipinski definition) is 4. The van der Waals surface area contributed by atoms with Crippen LogP contribution >= 0.6 is 0 Å². The van der Waals surface area contributed by atoms with Crippen LogP contribution in [0.2, 0.25) is 0 Å². The van der Waals surface area contributed by atoms with Gasteiger partial charge in [0.1, 0.15) is 12.5 Å². The van der Waals surface area contributed by atoms with Crippen molar-refractivity contribution in [3.8, 4) is 0 Å². The molecule has 1 unspecified atom stereocenters. The Morgan fingerprint density at radius 1 is 0.903 bits per heavy atom. The maximum Gasteiger partial charge on any atom is 0.401 e. The van der Waals surface area contributed by atoms with Crippen LogP contribution in [0.4, 0.5) is 48.3 Å². The fourth-order valence-corrected chi connectivity index (χ4v) is 2.83. The molecule has 0 spiro atoms. The minimum Gasteiger partial charge on any atom is -0.461 e. The number of nitrogens with zero attached hydrogens (tertiary/aromatic N) is 1. The lowest BCUT2D eigenvalue weighted by molar-refractivity contribution is -0.286. The Bertz CT molecular complexity index is 555. The van der Waals surface area contributed by atoms with Gasteiger partial charge in [0.2, 0.25) is 0 Å². The maximum atomic E-state index is 13.5. The highest BCUT2D eigenvalue weighted by Gasteiger charge is 2.57. The summed E-state index contributed by atoms with van der Waals surface area (Å²) in [5.74, 6) is -10.2. The van der Waals surface area contributed by atoms with Gasteiger partial charge in [0.15, 0.2) is 5.92 Å². The first-order valence-electron chi connectivity index (χ1n) is 8.97. The zero-order valence-corrected chi connectivity index (χ0v) is 15.8. The molecule has 0 aliphatic carbocycles. The number of carbonyl (C=O) groups is 1. The first-order chi connectivity index (χ1) is 13.9. The van der Waals surface area contributed by atoms with Gasteiger partial charge in [0.25, 0.3) is 5.92 Å². The lowest BCUT2D eigenvalue weighted by atomic mass is 10.0. The molecule has 1 rings (SSSR count). The Morgan fingerprint density at radius 2 is 1.42 bits per heavy atom. The van der Waals surface area contributed by atoms with Crippen LogP contribution in [-0.2, 0) is 14.3 Å². The van der Waals surface area contributed by atoms with Crippen LogP contribution in [0.15, 0.2) is 0 Å². The molecule has 15 heteroatoms. The molecule has 0 aromatic heterocycles. The molecule has 1 heterocycles. The van der Waals surface area contributed by atoms with Crippen LogP contribution in [0, 0.1) is 5.92 Å². The van der Waals surface area contributed by atoms with Crippen LogP contribution in [-0.4, -0.2) is 74.3 Å². The van der Waals surface area contributed by atoms with Crippen molar-refractivity contribution < 1.29 is 62.6 Å². The Hall–Kier alpha value is -1.38. The van der Waals surface area contributed by atoms with Crippen molar-refractivity contribution in [1.82, 2.24) is 4.90 Å². The summed E-state index contributed by atoms with van der Waals surface area (Å²) in [6.07, 6.45) is -25.4. The lowest BCUT2D eigenvalue weighted by Gasteiger charge is -2.31. The highest BCUT2D eigenvalue weighted by molar-refractivity contribution is 5.70.